The van der Waals surface area contributed by atoms with Gasteiger partial charge in [0.1, 0.15) is 24.4 Å². The van der Waals surface area contributed by atoms with Gasteiger partial charge in [0, 0.05) is 6.61 Å². The zero-order valence-corrected chi connectivity index (χ0v) is 15.0. The molecule has 144 valence electrons. The SMILES string of the molecule is CCCCCCCCCCCCO[C@@H]1O[C@@H](CO)[C@@H](O)[C@@H](O)[C@H]1O. The molecule has 0 amide bonds. The van der Waals surface area contributed by atoms with Crippen molar-refractivity contribution in [1.29, 1.82) is 0 Å². The van der Waals surface area contributed by atoms with Crippen LogP contribution in [0.5, 0.6) is 0 Å². The minimum absolute atomic E-state index is 0.428. The van der Waals surface area contributed by atoms with Crippen LogP contribution in [-0.4, -0.2) is 64.3 Å². The first-order chi connectivity index (χ1) is 11.6. The highest BCUT2D eigenvalue weighted by Crippen LogP contribution is 2.22. The number of aliphatic hydroxyl groups excluding tert-OH is 4. The molecule has 0 radical (unpaired) electrons. The first-order valence-electron chi connectivity index (χ1n) is 9.54. The van der Waals surface area contributed by atoms with Gasteiger partial charge in [-0.2, -0.15) is 0 Å². The molecule has 5 atom stereocenters. The Hall–Kier alpha value is -0.240. The van der Waals surface area contributed by atoms with Crippen LogP contribution < -0.4 is 0 Å². The molecule has 0 aromatic heterocycles. The summed E-state index contributed by atoms with van der Waals surface area (Å²) in [4.78, 5) is 0. The molecule has 0 aromatic rings. The van der Waals surface area contributed by atoms with Gasteiger partial charge in [-0.15, -0.1) is 0 Å². The fourth-order valence-corrected chi connectivity index (χ4v) is 2.99. The van der Waals surface area contributed by atoms with E-state index in [-0.39, 0.29) is 0 Å². The van der Waals surface area contributed by atoms with E-state index >= 15 is 0 Å². The van der Waals surface area contributed by atoms with Crippen LogP contribution in [0.15, 0.2) is 0 Å². The summed E-state index contributed by atoms with van der Waals surface area (Å²) in [5.41, 5.74) is 0. The minimum atomic E-state index is -1.37. The smallest absolute Gasteiger partial charge is 0.186 e. The highest BCUT2D eigenvalue weighted by molar-refractivity contribution is 4.88. The van der Waals surface area contributed by atoms with Gasteiger partial charge in [-0.25, -0.2) is 0 Å². The minimum Gasteiger partial charge on any atom is -0.394 e. The van der Waals surface area contributed by atoms with Gasteiger partial charge < -0.3 is 29.9 Å². The predicted molar refractivity (Wildman–Crippen MR) is 91.6 cm³/mol. The second-order valence-corrected chi connectivity index (χ2v) is 6.75. The molecule has 0 aromatic carbocycles. The summed E-state index contributed by atoms with van der Waals surface area (Å²) in [7, 11) is 0. The molecular formula is C18H36O6. The van der Waals surface area contributed by atoms with Gasteiger partial charge in [0.25, 0.3) is 0 Å². The van der Waals surface area contributed by atoms with E-state index in [1.165, 1.54) is 51.4 Å². The molecule has 0 aliphatic carbocycles. The summed E-state index contributed by atoms with van der Waals surface area (Å²) in [6, 6.07) is 0. The molecule has 6 heteroatoms. The quantitative estimate of drug-likeness (QED) is 0.378. The average molecular weight is 348 g/mol. The Bertz CT molecular complexity index is 299. The van der Waals surface area contributed by atoms with E-state index in [9.17, 15) is 15.3 Å². The number of ether oxygens (including phenoxy) is 2. The fourth-order valence-electron chi connectivity index (χ4n) is 2.99. The third kappa shape index (κ3) is 7.76. The van der Waals surface area contributed by atoms with E-state index in [1.807, 2.05) is 0 Å². The lowest BCUT2D eigenvalue weighted by Crippen LogP contribution is -2.59. The van der Waals surface area contributed by atoms with Crippen LogP contribution in [-0.2, 0) is 9.47 Å². The number of rotatable bonds is 13. The topological polar surface area (TPSA) is 99.4 Å². The van der Waals surface area contributed by atoms with Crippen molar-refractivity contribution >= 4 is 0 Å². The number of hydrogen-bond donors (Lipinski definition) is 4. The Kier molecular flexibility index (Phi) is 11.8. The molecule has 0 spiro atoms. The Morgan fingerprint density at radius 2 is 1.29 bits per heavy atom. The highest BCUT2D eigenvalue weighted by atomic mass is 16.7. The average Bonchev–Trinajstić information content (AvgIpc) is 2.59. The van der Waals surface area contributed by atoms with E-state index in [4.69, 9.17) is 14.6 Å². The van der Waals surface area contributed by atoms with Gasteiger partial charge in [-0.1, -0.05) is 64.7 Å². The molecule has 1 heterocycles. The lowest BCUT2D eigenvalue weighted by atomic mass is 9.99. The van der Waals surface area contributed by atoms with Gasteiger partial charge in [0.15, 0.2) is 6.29 Å². The lowest BCUT2D eigenvalue weighted by Gasteiger charge is -2.39. The maximum absolute atomic E-state index is 9.84. The number of unbranched alkanes of at least 4 members (excludes halogenated alkanes) is 9. The van der Waals surface area contributed by atoms with Crippen molar-refractivity contribution < 1.29 is 29.9 Å². The predicted octanol–water partition coefficient (Wildman–Crippen LogP) is 1.72. The van der Waals surface area contributed by atoms with Crippen LogP contribution in [0.2, 0.25) is 0 Å². The normalized spacial score (nSPS) is 30.6. The lowest BCUT2D eigenvalue weighted by molar-refractivity contribution is -0.301. The maximum Gasteiger partial charge on any atom is 0.186 e. The molecule has 1 saturated heterocycles. The van der Waals surface area contributed by atoms with Crippen LogP contribution in [0.4, 0.5) is 0 Å². The molecule has 1 fully saturated rings. The summed E-state index contributed by atoms with van der Waals surface area (Å²) < 4.78 is 10.8. The summed E-state index contributed by atoms with van der Waals surface area (Å²) in [6.45, 7) is 2.23. The zero-order valence-electron chi connectivity index (χ0n) is 15.0. The molecule has 0 unspecified atom stereocenters. The second-order valence-electron chi connectivity index (χ2n) is 6.75. The standard InChI is InChI=1S/C18H36O6/c1-2-3-4-5-6-7-8-9-10-11-12-23-18-17(22)16(21)15(20)14(13-19)24-18/h14-22H,2-13H2,1H3/t14-,15+,16+,17+,18+/m0/s1. The molecule has 1 aliphatic rings. The van der Waals surface area contributed by atoms with Crippen LogP contribution in [0, 0.1) is 0 Å². The third-order valence-corrected chi connectivity index (χ3v) is 4.63. The Labute approximate surface area is 145 Å². The maximum atomic E-state index is 9.84. The van der Waals surface area contributed by atoms with Crippen molar-refractivity contribution in [1.82, 2.24) is 0 Å². The molecule has 24 heavy (non-hydrogen) atoms. The van der Waals surface area contributed by atoms with Gasteiger partial charge in [-0.3, -0.25) is 0 Å². The molecule has 6 nitrogen and oxygen atoms in total. The van der Waals surface area contributed by atoms with Gasteiger partial charge in [0.2, 0.25) is 0 Å². The van der Waals surface area contributed by atoms with Gasteiger partial charge >= 0.3 is 0 Å². The van der Waals surface area contributed by atoms with Crippen LogP contribution >= 0.6 is 0 Å². The van der Waals surface area contributed by atoms with E-state index < -0.39 is 37.3 Å². The molecule has 1 aliphatic heterocycles. The summed E-state index contributed by atoms with van der Waals surface area (Å²) in [5.74, 6) is 0. The van der Waals surface area contributed by atoms with Crippen molar-refractivity contribution in [2.75, 3.05) is 13.2 Å². The van der Waals surface area contributed by atoms with Crippen molar-refractivity contribution in [3.63, 3.8) is 0 Å². The van der Waals surface area contributed by atoms with Crippen LogP contribution in [0.25, 0.3) is 0 Å². The van der Waals surface area contributed by atoms with E-state index in [0.29, 0.717) is 6.61 Å². The van der Waals surface area contributed by atoms with E-state index in [0.717, 1.165) is 12.8 Å². The molecule has 0 bridgehead atoms. The van der Waals surface area contributed by atoms with Gasteiger partial charge in [0.05, 0.1) is 6.61 Å². The highest BCUT2D eigenvalue weighted by Gasteiger charge is 2.43. The monoisotopic (exact) mass is 348 g/mol. The second kappa shape index (κ2) is 13.0. The summed E-state index contributed by atoms with van der Waals surface area (Å²) in [5, 5.41) is 38.3. The first-order valence-corrected chi connectivity index (χ1v) is 9.54. The molecule has 0 saturated carbocycles. The summed E-state index contributed by atoms with van der Waals surface area (Å²) >= 11 is 0. The van der Waals surface area contributed by atoms with Crippen molar-refractivity contribution in [2.45, 2.75) is 102 Å². The Balaban J connectivity index is 2.02. The van der Waals surface area contributed by atoms with E-state index in [2.05, 4.69) is 6.92 Å². The molecule has 1 rings (SSSR count). The first kappa shape index (κ1) is 21.8. The number of aliphatic hydroxyl groups is 4. The van der Waals surface area contributed by atoms with E-state index in [1.54, 1.807) is 0 Å². The largest absolute Gasteiger partial charge is 0.394 e. The van der Waals surface area contributed by atoms with Crippen molar-refractivity contribution in [2.24, 2.45) is 0 Å². The molecular weight excluding hydrogens is 312 g/mol. The third-order valence-electron chi connectivity index (χ3n) is 4.63. The van der Waals surface area contributed by atoms with Crippen LogP contribution in [0.1, 0.15) is 71.1 Å². The Morgan fingerprint density at radius 3 is 1.83 bits per heavy atom. The fraction of sp³-hybridized carbons (Fsp3) is 1.00. The van der Waals surface area contributed by atoms with Crippen molar-refractivity contribution in [3.8, 4) is 0 Å². The number of hydrogen-bond acceptors (Lipinski definition) is 6. The van der Waals surface area contributed by atoms with Gasteiger partial charge in [-0.05, 0) is 6.42 Å². The molecule has 4 N–H and O–H groups in total. The van der Waals surface area contributed by atoms with Crippen molar-refractivity contribution in [3.05, 3.63) is 0 Å². The van der Waals surface area contributed by atoms with Crippen LogP contribution in [0.3, 0.4) is 0 Å². The summed E-state index contributed by atoms with van der Waals surface area (Å²) in [6.07, 6.45) is 6.37. The zero-order chi connectivity index (χ0) is 17.8. The Morgan fingerprint density at radius 1 is 0.750 bits per heavy atom.